The normalized spacial score (nSPS) is 19.5. The number of halogens is 3. The molecule has 1 amide bonds. The number of rotatable bonds is 1. The van der Waals surface area contributed by atoms with Gasteiger partial charge in [-0.3, -0.25) is 4.79 Å². The minimum atomic E-state index is -1.32. The lowest BCUT2D eigenvalue weighted by atomic mass is 10.1. The molecule has 1 aromatic rings. The molecule has 1 unspecified atom stereocenters. The zero-order valence-electron chi connectivity index (χ0n) is 8.71. The summed E-state index contributed by atoms with van der Waals surface area (Å²) in [5.74, 6) is -1.91. The highest BCUT2D eigenvalue weighted by Gasteiger charge is 2.32. The van der Waals surface area contributed by atoms with Crippen molar-refractivity contribution in [2.45, 2.75) is 6.42 Å². The molecule has 0 N–H and O–H groups in total. The maximum absolute atomic E-state index is 13.5. The van der Waals surface area contributed by atoms with Gasteiger partial charge in [-0.2, -0.15) is 0 Å². The summed E-state index contributed by atoms with van der Waals surface area (Å²) in [6.45, 7) is 0.0785. The van der Waals surface area contributed by atoms with Crippen LogP contribution in [-0.4, -0.2) is 12.5 Å². The van der Waals surface area contributed by atoms with Crippen LogP contribution in [0.3, 0.4) is 0 Å². The highest BCUT2D eigenvalue weighted by Crippen LogP contribution is 2.29. The molecule has 1 heterocycles. The lowest BCUT2D eigenvalue weighted by Gasteiger charge is -2.17. The van der Waals surface area contributed by atoms with E-state index in [4.69, 9.17) is 6.42 Å². The highest BCUT2D eigenvalue weighted by atomic mass is 19.2. The van der Waals surface area contributed by atoms with E-state index in [0.717, 1.165) is 11.0 Å². The van der Waals surface area contributed by atoms with Gasteiger partial charge in [0.1, 0.15) is 5.82 Å². The lowest BCUT2D eigenvalue weighted by molar-refractivity contribution is -0.117. The minimum absolute atomic E-state index is 0.0636. The smallest absolute Gasteiger partial charge is 0.228 e. The molecule has 0 radical (unpaired) electrons. The van der Waals surface area contributed by atoms with Crippen molar-refractivity contribution in [3.8, 4) is 12.3 Å². The molecule has 0 aromatic heterocycles. The molecule has 1 aromatic carbocycles. The standard InChI is InChI=1S/C12H8F3NO/c1-2-7-3-11(17)16(6-7)10-5-8(13)4-9(14)12(10)15/h1,4-5,7H,3,6H2. The van der Waals surface area contributed by atoms with Gasteiger partial charge >= 0.3 is 0 Å². The molecule has 88 valence electrons. The van der Waals surface area contributed by atoms with Crippen LogP contribution in [0.4, 0.5) is 18.9 Å². The van der Waals surface area contributed by atoms with Crippen molar-refractivity contribution in [1.29, 1.82) is 0 Å². The van der Waals surface area contributed by atoms with Gasteiger partial charge in [-0.1, -0.05) is 0 Å². The fourth-order valence-corrected chi connectivity index (χ4v) is 1.79. The van der Waals surface area contributed by atoms with Crippen molar-refractivity contribution in [2.75, 3.05) is 11.4 Å². The number of hydrogen-bond acceptors (Lipinski definition) is 1. The van der Waals surface area contributed by atoms with Gasteiger partial charge in [0.05, 0.1) is 5.69 Å². The van der Waals surface area contributed by atoms with Gasteiger partial charge in [0.25, 0.3) is 0 Å². The van der Waals surface area contributed by atoms with E-state index in [1.54, 1.807) is 0 Å². The van der Waals surface area contributed by atoms with Crippen LogP contribution in [0.1, 0.15) is 6.42 Å². The molecule has 0 bridgehead atoms. The van der Waals surface area contributed by atoms with Crippen molar-refractivity contribution >= 4 is 11.6 Å². The molecule has 1 fully saturated rings. The number of hydrogen-bond donors (Lipinski definition) is 0. The van der Waals surface area contributed by atoms with Crippen molar-refractivity contribution < 1.29 is 18.0 Å². The van der Waals surface area contributed by atoms with E-state index < -0.39 is 29.0 Å². The molecule has 0 aliphatic carbocycles. The summed E-state index contributed by atoms with van der Waals surface area (Å²) in [6.07, 6.45) is 5.23. The summed E-state index contributed by atoms with van der Waals surface area (Å²) in [4.78, 5) is 12.5. The molecule has 5 heteroatoms. The van der Waals surface area contributed by atoms with Crippen molar-refractivity contribution in [2.24, 2.45) is 5.92 Å². The zero-order valence-corrected chi connectivity index (χ0v) is 8.71. The van der Waals surface area contributed by atoms with Gasteiger partial charge in [-0.25, -0.2) is 13.2 Å². The Morgan fingerprint density at radius 1 is 1.35 bits per heavy atom. The monoisotopic (exact) mass is 239 g/mol. The Morgan fingerprint density at radius 3 is 2.65 bits per heavy atom. The first-order chi connectivity index (χ1) is 8.02. The average molecular weight is 239 g/mol. The van der Waals surface area contributed by atoms with Crippen molar-refractivity contribution in [3.63, 3.8) is 0 Å². The molecule has 0 saturated carbocycles. The SMILES string of the molecule is C#CC1CC(=O)N(c2cc(F)cc(F)c2F)C1. The van der Waals surface area contributed by atoms with Crippen LogP contribution in [-0.2, 0) is 4.79 Å². The van der Waals surface area contributed by atoms with E-state index in [2.05, 4.69) is 5.92 Å². The summed E-state index contributed by atoms with van der Waals surface area (Å²) in [5.41, 5.74) is -0.398. The van der Waals surface area contributed by atoms with Crippen molar-refractivity contribution in [3.05, 3.63) is 29.6 Å². The number of terminal acetylenes is 1. The van der Waals surface area contributed by atoms with Crippen LogP contribution in [0.5, 0.6) is 0 Å². The van der Waals surface area contributed by atoms with Gasteiger partial charge < -0.3 is 4.90 Å². The Hall–Kier alpha value is -1.96. The number of carbonyl (C=O) groups excluding carboxylic acids is 1. The summed E-state index contributed by atoms with van der Waals surface area (Å²) in [6, 6.07) is 1.22. The molecule has 2 rings (SSSR count). The molecule has 2 nitrogen and oxygen atoms in total. The Kier molecular flexibility index (Phi) is 2.80. The van der Waals surface area contributed by atoms with E-state index in [9.17, 15) is 18.0 Å². The summed E-state index contributed by atoms with van der Waals surface area (Å²) in [5, 5.41) is 0. The van der Waals surface area contributed by atoms with E-state index in [1.807, 2.05) is 0 Å². The first-order valence-electron chi connectivity index (χ1n) is 4.94. The van der Waals surface area contributed by atoms with Crippen LogP contribution in [0, 0.1) is 35.7 Å². The number of benzene rings is 1. The molecule has 0 spiro atoms. The fraction of sp³-hybridized carbons (Fsp3) is 0.250. The fourth-order valence-electron chi connectivity index (χ4n) is 1.79. The van der Waals surface area contributed by atoms with Gasteiger partial charge in [0.2, 0.25) is 5.91 Å². The second-order valence-corrected chi connectivity index (χ2v) is 3.79. The third-order valence-corrected chi connectivity index (χ3v) is 2.63. The molecule has 1 aliphatic heterocycles. The van der Waals surface area contributed by atoms with Crippen LogP contribution in [0.15, 0.2) is 12.1 Å². The lowest BCUT2D eigenvalue weighted by Crippen LogP contribution is -2.26. The molecular weight excluding hydrogens is 231 g/mol. The molecule has 1 saturated heterocycles. The number of amides is 1. The van der Waals surface area contributed by atoms with E-state index in [-0.39, 0.29) is 18.9 Å². The number of carbonyl (C=O) groups is 1. The van der Waals surface area contributed by atoms with Crippen LogP contribution >= 0.6 is 0 Å². The Balaban J connectivity index is 2.42. The van der Waals surface area contributed by atoms with E-state index in [1.165, 1.54) is 0 Å². The summed E-state index contributed by atoms with van der Waals surface area (Å²) in [7, 11) is 0. The molecule has 1 atom stereocenters. The minimum Gasteiger partial charge on any atom is -0.308 e. The Labute approximate surface area is 96.0 Å². The average Bonchev–Trinajstić information content (AvgIpc) is 2.65. The van der Waals surface area contributed by atoms with Gasteiger partial charge in [0.15, 0.2) is 11.6 Å². The summed E-state index contributed by atoms with van der Waals surface area (Å²) >= 11 is 0. The van der Waals surface area contributed by atoms with Crippen LogP contribution < -0.4 is 4.90 Å². The largest absolute Gasteiger partial charge is 0.308 e. The quantitative estimate of drug-likeness (QED) is 0.542. The molecule has 1 aliphatic rings. The second kappa shape index (κ2) is 4.13. The van der Waals surface area contributed by atoms with Crippen LogP contribution in [0.25, 0.3) is 0 Å². The number of nitrogens with zero attached hydrogens (tertiary/aromatic N) is 1. The maximum atomic E-state index is 13.5. The topological polar surface area (TPSA) is 20.3 Å². The predicted octanol–water partition coefficient (Wildman–Crippen LogP) is 2.09. The highest BCUT2D eigenvalue weighted by molar-refractivity contribution is 5.96. The van der Waals surface area contributed by atoms with Gasteiger partial charge in [0, 0.05) is 31.0 Å². The van der Waals surface area contributed by atoms with E-state index in [0.29, 0.717) is 6.07 Å². The van der Waals surface area contributed by atoms with Gasteiger partial charge in [-0.05, 0) is 0 Å². The zero-order chi connectivity index (χ0) is 12.6. The molecular formula is C12H8F3NO. The third kappa shape index (κ3) is 1.98. The Morgan fingerprint density at radius 2 is 2.06 bits per heavy atom. The number of anilines is 1. The maximum Gasteiger partial charge on any atom is 0.228 e. The van der Waals surface area contributed by atoms with Gasteiger partial charge in [-0.15, -0.1) is 12.3 Å². The second-order valence-electron chi connectivity index (χ2n) is 3.79. The van der Waals surface area contributed by atoms with Crippen LogP contribution in [0.2, 0.25) is 0 Å². The van der Waals surface area contributed by atoms with E-state index >= 15 is 0 Å². The van der Waals surface area contributed by atoms with Crippen molar-refractivity contribution in [1.82, 2.24) is 0 Å². The first kappa shape index (κ1) is 11.5. The first-order valence-corrected chi connectivity index (χ1v) is 4.94. The predicted molar refractivity (Wildman–Crippen MR) is 55.6 cm³/mol. The Bertz CT molecular complexity index is 521. The molecule has 17 heavy (non-hydrogen) atoms. The third-order valence-electron chi connectivity index (χ3n) is 2.63. The summed E-state index contributed by atoms with van der Waals surface area (Å²) < 4.78 is 39.4.